The zero-order valence-electron chi connectivity index (χ0n) is 16.8. The van der Waals surface area contributed by atoms with Crippen LogP contribution in [0.15, 0.2) is 64.0 Å². The molecule has 0 radical (unpaired) electrons. The van der Waals surface area contributed by atoms with Gasteiger partial charge in [-0.25, -0.2) is 0 Å². The van der Waals surface area contributed by atoms with E-state index in [4.69, 9.17) is 0 Å². The van der Waals surface area contributed by atoms with Gasteiger partial charge in [0.25, 0.3) is 11.7 Å². The van der Waals surface area contributed by atoms with Gasteiger partial charge in [0.05, 0.1) is 5.57 Å². The summed E-state index contributed by atoms with van der Waals surface area (Å²) < 4.78 is 0.907. The van der Waals surface area contributed by atoms with Crippen LogP contribution in [-0.4, -0.2) is 16.8 Å². The molecule has 1 unspecified atom stereocenters. The van der Waals surface area contributed by atoms with E-state index in [-0.39, 0.29) is 11.3 Å². The minimum absolute atomic E-state index is 0.116. The van der Waals surface area contributed by atoms with Crippen LogP contribution in [0.3, 0.4) is 0 Å². The van der Waals surface area contributed by atoms with Crippen LogP contribution in [0.2, 0.25) is 0 Å². The molecule has 1 amide bonds. The van der Waals surface area contributed by atoms with Gasteiger partial charge in [-0.2, -0.15) is 0 Å². The molecule has 0 bridgehead atoms. The number of halogens is 1. The predicted octanol–water partition coefficient (Wildman–Crippen LogP) is 6.06. The fourth-order valence-electron chi connectivity index (χ4n) is 3.74. The van der Waals surface area contributed by atoms with Gasteiger partial charge in [0.1, 0.15) is 11.8 Å². The summed E-state index contributed by atoms with van der Waals surface area (Å²) >= 11 is 4.91. The second kappa shape index (κ2) is 7.85. The number of Topliss-reactive ketones (excluding diaryl/α,β-unsaturated/α-hetero) is 1. The number of anilines is 1. The first-order chi connectivity index (χ1) is 14.3. The van der Waals surface area contributed by atoms with Gasteiger partial charge in [-0.15, -0.1) is 11.3 Å². The maximum atomic E-state index is 13.2. The molecule has 152 valence electrons. The molecule has 30 heavy (non-hydrogen) atoms. The highest BCUT2D eigenvalue weighted by Gasteiger charge is 2.47. The molecule has 1 saturated heterocycles. The lowest BCUT2D eigenvalue weighted by molar-refractivity contribution is -0.132. The number of aliphatic hydroxyl groups excluding tert-OH is 1. The van der Waals surface area contributed by atoms with Crippen molar-refractivity contribution < 1.29 is 14.7 Å². The molecule has 6 heteroatoms. The lowest BCUT2D eigenvalue weighted by atomic mass is 9.98. The second-order valence-corrected chi connectivity index (χ2v) is 9.20. The van der Waals surface area contributed by atoms with Crippen LogP contribution in [0, 0.1) is 20.8 Å². The average molecular weight is 482 g/mol. The number of hydrogen-bond acceptors (Lipinski definition) is 4. The van der Waals surface area contributed by atoms with Crippen LogP contribution in [-0.2, 0) is 9.59 Å². The van der Waals surface area contributed by atoms with Crippen molar-refractivity contribution in [1.82, 2.24) is 0 Å². The first-order valence-electron chi connectivity index (χ1n) is 9.48. The Labute approximate surface area is 187 Å². The zero-order chi connectivity index (χ0) is 21.6. The number of rotatable bonds is 3. The largest absolute Gasteiger partial charge is 0.507 e. The van der Waals surface area contributed by atoms with E-state index in [2.05, 4.69) is 15.9 Å². The SMILES string of the molecule is Cc1cc(/C(O)=C2/C(=O)C(=O)N(c3cccc(C)c3C)C2c2cccs2)ccc1Br. The number of aryl methyl sites for hydroxylation is 2. The number of nitrogens with zero attached hydrogens (tertiary/aromatic N) is 1. The van der Waals surface area contributed by atoms with Crippen LogP contribution < -0.4 is 4.90 Å². The number of thiophene rings is 1. The van der Waals surface area contributed by atoms with Crippen molar-refractivity contribution in [2.24, 2.45) is 0 Å². The molecule has 1 N–H and O–H groups in total. The van der Waals surface area contributed by atoms with Gasteiger partial charge < -0.3 is 5.11 Å². The summed E-state index contributed by atoms with van der Waals surface area (Å²) in [6, 6.07) is 14.2. The molecule has 2 heterocycles. The lowest BCUT2D eigenvalue weighted by Crippen LogP contribution is -2.29. The number of aliphatic hydroxyl groups is 1. The van der Waals surface area contributed by atoms with Crippen LogP contribution in [0.4, 0.5) is 5.69 Å². The summed E-state index contributed by atoms with van der Waals surface area (Å²) in [5.41, 5.74) is 4.20. The molecule has 1 aliphatic heterocycles. The molecule has 1 aliphatic rings. The van der Waals surface area contributed by atoms with Crippen molar-refractivity contribution in [3.8, 4) is 0 Å². The molecule has 4 rings (SSSR count). The van der Waals surface area contributed by atoms with Gasteiger partial charge in [-0.1, -0.05) is 40.2 Å². The highest BCUT2D eigenvalue weighted by atomic mass is 79.9. The van der Waals surface area contributed by atoms with Crippen LogP contribution >= 0.6 is 27.3 Å². The molecule has 1 aromatic heterocycles. The third-order valence-electron chi connectivity index (χ3n) is 5.52. The first kappa shape index (κ1) is 20.6. The highest BCUT2D eigenvalue weighted by molar-refractivity contribution is 9.10. The molecule has 0 spiro atoms. The van der Waals surface area contributed by atoms with E-state index in [1.165, 1.54) is 16.2 Å². The van der Waals surface area contributed by atoms with Gasteiger partial charge in [-0.05, 0) is 67.1 Å². The molecule has 1 fully saturated rings. The van der Waals surface area contributed by atoms with E-state index in [1.54, 1.807) is 12.1 Å². The number of amides is 1. The van der Waals surface area contributed by atoms with E-state index in [0.29, 0.717) is 11.3 Å². The Morgan fingerprint density at radius 2 is 1.80 bits per heavy atom. The van der Waals surface area contributed by atoms with Gasteiger partial charge >= 0.3 is 0 Å². The second-order valence-electron chi connectivity index (χ2n) is 7.37. The fraction of sp³-hybridized carbons (Fsp3) is 0.167. The summed E-state index contributed by atoms with van der Waals surface area (Å²) in [6.07, 6.45) is 0. The summed E-state index contributed by atoms with van der Waals surface area (Å²) in [5, 5.41) is 13.1. The third-order valence-corrected chi connectivity index (χ3v) is 7.34. The van der Waals surface area contributed by atoms with E-state index < -0.39 is 17.7 Å². The average Bonchev–Trinajstić information content (AvgIpc) is 3.33. The van der Waals surface area contributed by atoms with Gasteiger partial charge in [-0.3, -0.25) is 14.5 Å². The van der Waals surface area contributed by atoms with Crippen molar-refractivity contribution in [2.45, 2.75) is 26.8 Å². The summed E-state index contributed by atoms with van der Waals surface area (Å²) in [5.74, 6) is -1.46. The van der Waals surface area contributed by atoms with Crippen molar-refractivity contribution in [3.63, 3.8) is 0 Å². The molecule has 2 aromatic carbocycles. The minimum Gasteiger partial charge on any atom is -0.507 e. The Hall–Kier alpha value is -2.70. The summed E-state index contributed by atoms with van der Waals surface area (Å²) in [4.78, 5) is 28.7. The Morgan fingerprint density at radius 1 is 1.03 bits per heavy atom. The highest BCUT2D eigenvalue weighted by Crippen LogP contribution is 2.44. The smallest absolute Gasteiger partial charge is 0.300 e. The van der Waals surface area contributed by atoms with Crippen molar-refractivity contribution in [3.05, 3.63) is 91.1 Å². The third kappa shape index (κ3) is 3.30. The fourth-order valence-corrected chi connectivity index (χ4v) is 4.81. The topological polar surface area (TPSA) is 57.6 Å². The van der Waals surface area contributed by atoms with Crippen LogP contribution in [0.5, 0.6) is 0 Å². The molecular formula is C24H20BrNO3S. The van der Waals surface area contributed by atoms with Gasteiger partial charge in [0, 0.05) is 20.6 Å². The van der Waals surface area contributed by atoms with Crippen molar-refractivity contribution in [1.29, 1.82) is 0 Å². The molecule has 1 atom stereocenters. The molecule has 0 aliphatic carbocycles. The van der Waals surface area contributed by atoms with E-state index in [0.717, 1.165) is 26.0 Å². The quantitative estimate of drug-likeness (QED) is 0.280. The number of carbonyl (C=O) groups is 2. The van der Waals surface area contributed by atoms with Crippen molar-refractivity contribution in [2.75, 3.05) is 4.90 Å². The number of benzene rings is 2. The standard InChI is InChI=1S/C24H20BrNO3S/c1-13-6-4-7-18(15(13)3)26-21(19-8-5-11-30-19)20(23(28)24(26)29)22(27)16-9-10-17(25)14(2)12-16/h4-12,21,27H,1-3H3/b22-20-. The van der Waals surface area contributed by atoms with Crippen LogP contribution in [0.1, 0.15) is 33.2 Å². The minimum atomic E-state index is -0.674. The maximum Gasteiger partial charge on any atom is 0.300 e. The Bertz CT molecular complexity index is 1200. The Kier molecular flexibility index (Phi) is 5.38. The molecule has 3 aromatic rings. The van der Waals surface area contributed by atoms with E-state index in [1.807, 2.05) is 62.5 Å². The normalized spacial score (nSPS) is 18.3. The number of carbonyl (C=O) groups excluding carboxylic acids is 2. The predicted molar refractivity (Wildman–Crippen MR) is 124 cm³/mol. The molecular weight excluding hydrogens is 462 g/mol. The van der Waals surface area contributed by atoms with Crippen LogP contribution in [0.25, 0.3) is 5.76 Å². The maximum absolute atomic E-state index is 13.2. The first-order valence-corrected chi connectivity index (χ1v) is 11.2. The van der Waals surface area contributed by atoms with Gasteiger partial charge in [0.15, 0.2) is 0 Å². The van der Waals surface area contributed by atoms with E-state index >= 15 is 0 Å². The number of ketones is 1. The monoisotopic (exact) mass is 481 g/mol. The lowest BCUT2D eigenvalue weighted by Gasteiger charge is -2.26. The Balaban J connectivity index is 1.96. The molecule has 0 saturated carbocycles. The molecule has 4 nitrogen and oxygen atoms in total. The summed E-state index contributed by atoms with van der Waals surface area (Å²) in [6.45, 7) is 5.82. The Morgan fingerprint density at radius 3 is 2.47 bits per heavy atom. The zero-order valence-corrected chi connectivity index (χ0v) is 19.2. The van der Waals surface area contributed by atoms with Crippen molar-refractivity contribution >= 4 is 50.4 Å². The van der Waals surface area contributed by atoms with E-state index in [9.17, 15) is 14.7 Å². The van der Waals surface area contributed by atoms with Gasteiger partial charge in [0.2, 0.25) is 0 Å². The number of hydrogen-bond donors (Lipinski definition) is 1. The summed E-state index contributed by atoms with van der Waals surface area (Å²) in [7, 11) is 0.